The predicted octanol–water partition coefficient (Wildman–Crippen LogP) is -0.221. The zero-order valence-electron chi connectivity index (χ0n) is 8.85. The quantitative estimate of drug-likeness (QED) is 0.624. The second kappa shape index (κ2) is 5.98. The molecule has 1 atom stereocenters. The van der Waals surface area contributed by atoms with Gasteiger partial charge in [-0.3, -0.25) is 9.69 Å². The van der Waals surface area contributed by atoms with Crippen LogP contribution in [0, 0.1) is 5.92 Å². The lowest BCUT2D eigenvalue weighted by Crippen LogP contribution is -2.47. The summed E-state index contributed by atoms with van der Waals surface area (Å²) in [6.45, 7) is 6.86. The predicted molar refractivity (Wildman–Crippen MR) is 54.9 cm³/mol. The van der Waals surface area contributed by atoms with E-state index in [0.29, 0.717) is 5.92 Å². The van der Waals surface area contributed by atoms with Gasteiger partial charge in [-0.25, -0.2) is 0 Å². The van der Waals surface area contributed by atoms with E-state index in [1.54, 1.807) is 4.90 Å². The monoisotopic (exact) mass is 200 g/mol. The molecular weight excluding hydrogens is 180 g/mol. The topological polar surface area (TPSA) is 43.8 Å². The number of hydrogen-bond donors (Lipinski definition) is 1. The smallest absolute Gasteiger partial charge is 0.209 e. The molecule has 0 saturated carbocycles. The van der Waals surface area contributed by atoms with Crippen molar-refractivity contribution in [1.82, 2.24) is 9.80 Å². The van der Waals surface area contributed by atoms with Crippen molar-refractivity contribution in [3.8, 4) is 0 Å². The number of amides is 1. The minimum Gasteiger partial charge on any atom is -0.396 e. The molecule has 1 amide bonds. The van der Waals surface area contributed by atoms with Crippen LogP contribution in [0.2, 0.25) is 0 Å². The second-order valence-electron chi connectivity index (χ2n) is 3.90. The van der Waals surface area contributed by atoms with Gasteiger partial charge in [-0.2, -0.15) is 0 Å². The van der Waals surface area contributed by atoms with Crippen molar-refractivity contribution in [2.75, 3.05) is 39.3 Å². The van der Waals surface area contributed by atoms with Crippen molar-refractivity contribution < 1.29 is 9.90 Å². The normalized spacial score (nSPS) is 20.9. The SMILES string of the molecule is CCC(CO)CN1CCN(C=O)CC1. The number of aliphatic hydroxyl groups is 1. The van der Waals surface area contributed by atoms with Gasteiger partial charge in [0, 0.05) is 39.3 Å². The number of hydrogen-bond acceptors (Lipinski definition) is 3. The average molecular weight is 200 g/mol. The van der Waals surface area contributed by atoms with Crippen molar-refractivity contribution in [2.45, 2.75) is 13.3 Å². The Labute approximate surface area is 85.5 Å². The van der Waals surface area contributed by atoms with E-state index in [2.05, 4.69) is 11.8 Å². The standard InChI is InChI=1S/C10H20N2O2/c1-2-10(8-13)7-11-3-5-12(9-14)6-4-11/h9-10,13H,2-8H2,1H3. The summed E-state index contributed by atoms with van der Waals surface area (Å²) in [6.07, 6.45) is 1.94. The van der Waals surface area contributed by atoms with Gasteiger partial charge in [-0.1, -0.05) is 6.92 Å². The number of piperazine rings is 1. The Balaban J connectivity index is 2.24. The lowest BCUT2D eigenvalue weighted by atomic mass is 10.1. The summed E-state index contributed by atoms with van der Waals surface area (Å²) in [4.78, 5) is 14.6. The van der Waals surface area contributed by atoms with Crippen molar-refractivity contribution in [3.05, 3.63) is 0 Å². The molecule has 82 valence electrons. The molecule has 4 nitrogen and oxygen atoms in total. The Bertz CT molecular complexity index is 164. The summed E-state index contributed by atoms with van der Waals surface area (Å²) in [6, 6.07) is 0. The van der Waals surface area contributed by atoms with Crippen LogP contribution in [0.25, 0.3) is 0 Å². The van der Waals surface area contributed by atoms with Crippen LogP contribution in [0.4, 0.5) is 0 Å². The maximum atomic E-state index is 10.5. The van der Waals surface area contributed by atoms with Gasteiger partial charge < -0.3 is 10.0 Å². The maximum absolute atomic E-state index is 10.5. The highest BCUT2D eigenvalue weighted by Crippen LogP contribution is 2.07. The molecule has 0 aliphatic carbocycles. The summed E-state index contributed by atoms with van der Waals surface area (Å²) < 4.78 is 0. The summed E-state index contributed by atoms with van der Waals surface area (Å²) in [5, 5.41) is 9.06. The molecule has 1 rings (SSSR count). The highest BCUT2D eigenvalue weighted by atomic mass is 16.3. The molecule has 4 heteroatoms. The van der Waals surface area contributed by atoms with E-state index in [1.807, 2.05) is 0 Å². The van der Waals surface area contributed by atoms with Crippen LogP contribution in [0.3, 0.4) is 0 Å². The lowest BCUT2D eigenvalue weighted by Gasteiger charge is -2.34. The van der Waals surface area contributed by atoms with Gasteiger partial charge in [-0.15, -0.1) is 0 Å². The number of aliphatic hydroxyl groups excluding tert-OH is 1. The molecule has 0 aromatic rings. The van der Waals surface area contributed by atoms with Crippen LogP contribution in [0.15, 0.2) is 0 Å². The van der Waals surface area contributed by atoms with Crippen molar-refractivity contribution in [3.63, 3.8) is 0 Å². The first-order valence-corrected chi connectivity index (χ1v) is 5.32. The Kier molecular flexibility index (Phi) is 4.90. The molecule has 0 aromatic carbocycles. The molecule has 0 bridgehead atoms. The van der Waals surface area contributed by atoms with E-state index in [9.17, 15) is 4.79 Å². The summed E-state index contributed by atoms with van der Waals surface area (Å²) >= 11 is 0. The molecule has 1 aliphatic heterocycles. The van der Waals surface area contributed by atoms with Crippen LogP contribution in [0.1, 0.15) is 13.3 Å². The Morgan fingerprint density at radius 3 is 2.43 bits per heavy atom. The zero-order chi connectivity index (χ0) is 10.4. The minimum absolute atomic E-state index is 0.268. The van der Waals surface area contributed by atoms with E-state index in [1.165, 1.54) is 0 Å². The van der Waals surface area contributed by atoms with Crippen LogP contribution < -0.4 is 0 Å². The highest BCUT2D eigenvalue weighted by molar-refractivity contribution is 5.47. The first-order chi connectivity index (χ1) is 6.80. The third-order valence-electron chi connectivity index (χ3n) is 2.91. The molecule has 1 heterocycles. The fraction of sp³-hybridized carbons (Fsp3) is 0.900. The molecular formula is C10H20N2O2. The molecule has 0 spiro atoms. The largest absolute Gasteiger partial charge is 0.396 e. The Morgan fingerprint density at radius 2 is 2.00 bits per heavy atom. The minimum atomic E-state index is 0.268. The first-order valence-electron chi connectivity index (χ1n) is 5.32. The highest BCUT2D eigenvalue weighted by Gasteiger charge is 2.17. The molecule has 0 aromatic heterocycles. The molecule has 1 N–H and O–H groups in total. The summed E-state index contributed by atoms with van der Waals surface area (Å²) in [7, 11) is 0. The van der Waals surface area contributed by atoms with Gasteiger partial charge in [-0.05, 0) is 12.3 Å². The van der Waals surface area contributed by atoms with Crippen LogP contribution in [-0.4, -0.2) is 60.6 Å². The lowest BCUT2D eigenvalue weighted by molar-refractivity contribution is -0.119. The Hall–Kier alpha value is -0.610. The van der Waals surface area contributed by atoms with Crippen LogP contribution in [-0.2, 0) is 4.79 Å². The average Bonchev–Trinajstić information content (AvgIpc) is 2.26. The van der Waals surface area contributed by atoms with Gasteiger partial charge in [0.2, 0.25) is 6.41 Å². The van der Waals surface area contributed by atoms with Gasteiger partial charge >= 0.3 is 0 Å². The van der Waals surface area contributed by atoms with Gasteiger partial charge in [0.1, 0.15) is 0 Å². The first kappa shape index (κ1) is 11.5. The van der Waals surface area contributed by atoms with E-state index in [0.717, 1.165) is 45.6 Å². The second-order valence-corrected chi connectivity index (χ2v) is 3.90. The van der Waals surface area contributed by atoms with Gasteiger partial charge in [0.25, 0.3) is 0 Å². The van der Waals surface area contributed by atoms with Crippen molar-refractivity contribution >= 4 is 6.41 Å². The van der Waals surface area contributed by atoms with Gasteiger partial charge in [0.15, 0.2) is 0 Å². The zero-order valence-corrected chi connectivity index (χ0v) is 8.85. The molecule has 0 radical (unpaired) electrons. The molecule has 1 saturated heterocycles. The molecule has 1 aliphatic rings. The van der Waals surface area contributed by atoms with E-state index in [4.69, 9.17) is 5.11 Å². The summed E-state index contributed by atoms with van der Waals surface area (Å²) in [5.41, 5.74) is 0. The molecule has 14 heavy (non-hydrogen) atoms. The van der Waals surface area contributed by atoms with E-state index in [-0.39, 0.29) is 6.61 Å². The fourth-order valence-electron chi connectivity index (χ4n) is 1.73. The third kappa shape index (κ3) is 3.27. The fourth-order valence-corrected chi connectivity index (χ4v) is 1.73. The molecule has 1 fully saturated rings. The number of rotatable bonds is 5. The number of nitrogens with zero attached hydrogens (tertiary/aromatic N) is 2. The third-order valence-corrected chi connectivity index (χ3v) is 2.91. The van der Waals surface area contributed by atoms with E-state index < -0.39 is 0 Å². The van der Waals surface area contributed by atoms with E-state index >= 15 is 0 Å². The maximum Gasteiger partial charge on any atom is 0.209 e. The van der Waals surface area contributed by atoms with Crippen LogP contribution >= 0.6 is 0 Å². The number of carbonyl (C=O) groups is 1. The van der Waals surface area contributed by atoms with Crippen molar-refractivity contribution in [2.24, 2.45) is 5.92 Å². The summed E-state index contributed by atoms with van der Waals surface area (Å²) in [5.74, 6) is 0.387. The van der Waals surface area contributed by atoms with Crippen molar-refractivity contribution in [1.29, 1.82) is 0 Å². The Morgan fingerprint density at radius 1 is 1.36 bits per heavy atom. The molecule has 1 unspecified atom stereocenters. The van der Waals surface area contributed by atoms with Crippen LogP contribution in [0.5, 0.6) is 0 Å². The number of carbonyl (C=O) groups excluding carboxylic acids is 1. The van der Waals surface area contributed by atoms with Gasteiger partial charge in [0.05, 0.1) is 0 Å².